The van der Waals surface area contributed by atoms with Gasteiger partial charge in [-0.05, 0) is 25.5 Å². The number of halogens is 2. The number of rotatable bonds is 7. The van der Waals surface area contributed by atoms with Crippen molar-refractivity contribution >= 4 is 21.9 Å². The normalized spacial score (nSPS) is 13.0. The number of alkyl halides is 2. The molecule has 2 aromatic heterocycles. The fourth-order valence-corrected chi connectivity index (χ4v) is 2.64. The number of hydrogen-bond acceptors (Lipinski definition) is 6. The van der Waals surface area contributed by atoms with Crippen molar-refractivity contribution in [1.29, 1.82) is 0 Å². The van der Waals surface area contributed by atoms with Crippen LogP contribution < -0.4 is 5.32 Å². The summed E-state index contributed by atoms with van der Waals surface area (Å²) in [5.41, 5.74) is -0.904. The first kappa shape index (κ1) is 19.0. The van der Waals surface area contributed by atoms with E-state index in [9.17, 15) is 22.0 Å². The van der Waals surface area contributed by atoms with E-state index in [1.54, 1.807) is 0 Å². The summed E-state index contributed by atoms with van der Waals surface area (Å²) in [5.74, 6) is 0.215. The molecule has 0 aliphatic rings. The minimum Gasteiger partial charge on any atom is -0.367 e. The van der Waals surface area contributed by atoms with Crippen molar-refractivity contribution in [2.24, 2.45) is 0 Å². The van der Waals surface area contributed by atoms with Gasteiger partial charge in [-0.15, -0.1) is 0 Å². The van der Waals surface area contributed by atoms with Crippen molar-refractivity contribution in [3.63, 3.8) is 0 Å². The summed E-state index contributed by atoms with van der Waals surface area (Å²) in [6, 6.07) is 2.54. The van der Waals surface area contributed by atoms with Crippen molar-refractivity contribution in [3.05, 3.63) is 29.6 Å². The summed E-state index contributed by atoms with van der Waals surface area (Å²) in [6.07, 6.45) is 0.220. The monoisotopic (exact) mass is 372 g/mol. The van der Waals surface area contributed by atoms with Gasteiger partial charge in [0.05, 0.1) is 10.5 Å². The van der Waals surface area contributed by atoms with Gasteiger partial charge in [-0.1, -0.05) is 6.92 Å². The Hall–Kier alpha value is -2.36. The number of nitrogens with one attached hydrogen (secondary N) is 1. The molecule has 25 heavy (non-hydrogen) atoms. The molecule has 0 saturated carbocycles. The van der Waals surface area contributed by atoms with Crippen molar-refractivity contribution < 1.29 is 22.0 Å². The maximum absolute atomic E-state index is 13.2. The molecule has 0 radical (unpaired) electrons. The van der Waals surface area contributed by atoms with Gasteiger partial charge < -0.3 is 5.32 Å². The first-order chi connectivity index (χ1) is 11.7. The molecule has 0 aromatic carbocycles. The van der Waals surface area contributed by atoms with Crippen LogP contribution in [0.15, 0.2) is 23.2 Å². The molecule has 0 bridgehead atoms. The third-order valence-corrected chi connectivity index (χ3v) is 4.73. The van der Waals surface area contributed by atoms with E-state index in [0.717, 1.165) is 17.1 Å². The predicted molar refractivity (Wildman–Crippen MR) is 88.2 cm³/mol. The van der Waals surface area contributed by atoms with Crippen molar-refractivity contribution in [2.75, 3.05) is 11.6 Å². The molecular formula is C15H18F2N4O3S. The molecule has 1 N–H and O–H groups in total. The second-order valence-corrected chi connectivity index (χ2v) is 7.57. The number of aldehydes is 1. The van der Waals surface area contributed by atoms with Crippen LogP contribution in [0.3, 0.4) is 0 Å². The Morgan fingerprint density at radius 2 is 2.04 bits per heavy atom. The zero-order valence-electron chi connectivity index (χ0n) is 13.9. The zero-order valence-corrected chi connectivity index (χ0v) is 14.7. The third-order valence-electron chi connectivity index (χ3n) is 3.64. The Morgan fingerprint density at radius 3 is 2.48 bits per heavy atom. The molecule has 0 amide bonds. The fraction of sp³-hybridized carbons (Fsp3) is 0.400. The lowest BCUT2D eigenvalue weighted by molar-refractivity contribution is 0.110. The highest BCUT2D eigenvalue weighted by Crippen LogP contribution is 2.29. The van der Waals surface area contributed by atoms with Crippen LogP contribution in [0, 0.1) is 0 Å². The van der Waals surface area contributed by atoms with Crippen LogP contribution in [0.5, 0.6) is 0 Å². The Balaban J connectivity index is 2.61. The maximum atomic E-state index is 13.2. The molecule has 0 aliphatic carbocycles. The van der Waals surface area contributed by atoms with Gasteiger partial charge in [0.15, 0.2) is 21.9 Å². The van der Waals surface area contributed by atoms with Gasteiger partial charge in [-0.2, -0.15) is 9.78 Å². The standard InChI is InChI=1S/C15H18F2N4O3S/c1-4-9(2)19-15-11(8-22)13(14(16)17)20-21(15)12-6-5-10(7-18-12)25(3,23)24/h5-9,14,19H,4H2,1-3H3. The molecule has 7 nitrogen and oxygen atoms in total. The van der Waals surface area contributed by atoms with E-state index in [0.29, 0.717) is 12.7 Å². The molecular weight excluding hydrogens is 354 g/mol. The average Bonchev–Trinajstić information content (AvgIpc) is 2.92. The molecule has 2 aromatic rings. The minimum atomic E-state index is -3.44. The van der Waals surface area contributed by atoms with Gasteiger partial charge in [-0.3, -0.25) is 4.79 Å². The SMILES string of the molecule is CCC(C)Nc1c(C=O)c(C(F)F)nn1-c1ccc(S(C)(=O)=O)cn1. The van der Waals surface area contributed by atoms with E-state index in [1.807, 2.05) is 13.8 Å². The third kappa shape index (κ3) is 4.01. The van der Waals surface area contributed by atoms with Gasteiger partial charge in [0.25, 0.3) is 6.43 Å². The molecule has 0 fully saturated rings. The quantitative estimate of drug-likeness (QED) is 0.751. The average molecular weight is 372 g/mol. The van der Waals surface area contributed by atoms with Crippen LogP contribution in [0.2, 0.25) is 0 Å². The number of carbonyl (C=O) groups excluding carboxylic acids is 1. The Labute approximate surface area is 144 Å². The number of pyridine rings is 1. The van der Waals surface area contributed by atoms with Crippen molar-refractivity contribution in [1.82, 2.24) is 14.8 Å². The van der Waals surface area contributed by atoms with Crippen LogP contribution >= 0.6 is 0 Å². The van der Waals surface area contributed by atoms with Gasteiger partial charge in [0.2, 0.25) is 0 Å². The second-order valence-electron chi connectivity index (χ2n) is 5.56. The molecule has 1 unspecified atom stereocenters. The lowest BCUT2D eigenvalue weighted by Crippen LogP contribution is -2.18. The van der Waals surface area contributed by atoms with Crippen LogP contribution in [0.4, 0.5) is 14.6 Å². The molecule has 10 heteroatoms. The Bertz CT molecular complexity index is 864. The molecule has 136 valence electrons. The predicted octanol–water partition coefficient (Wildman–Crippen LogP) is 2.63. The van der Waals surface area contributed by atoms with Crippen LogP contribution in [-0.4, -0.2) is 41.8 Å². The topological polar surface area (TPSA) is 94.0 Å². The summed E-state index contributed by atoms with van der Waals surface area (Å²) in [5, 5.41) is 6.77. The molecule has 0 aliphatic heterocycles. The fourth-order valence-electron chi connectivity index (χ4n) is 2.08. The highest BCUT2D eigenvalue weighted by molar-refractivity contribution is 7.90. The smallest absolute Gasteiger partial charge is 0.282 e. The largest absolute Gasteiger partial charge is 0.367 e. The lowest BCUT2D eigenvalue weighted by atomic mass is 10.2. The number of hydrogen-bond donors (Lipinski definition) is 1. The summed E-state index contributed by atoms with van der Waals surface area (Å²) in [6.45, 7) is 3.72. The number of carbonyl (C=O) groups is 1. The summed E-state index contributed by atoms with van der Waals surface area (Å²) >= 11 is 0. The van der Waals surface area contributed by atoms with Crippen LogP contribution in [0.1, 0.15) is 42.7 Å². The highest BCUT2D eigenvalue weighted by Gasteiger charge is 2.25. The maximum Gasteiger partial charge on any atom is 0.282 e. The van der Waals surface area contributed by atoms with E-state index < -0.39 is 22.0 Å². The minimum absolute atomic E-state index is 0.00969. The molecule has 2 rings (SSSR count). The number of aromatic nitrogens is 3. The first-order valence-electron chi connectivity index (χ1n) is 7.48. The highest BCUT2D eigenvalue weighted by atomic mass is 32.2. The molecule has 1 atom stereocenters. The molecule has 0 saturated heterocycles. The van der Waals surface area contributed by atoms with E-state index in [-0.39, 0.29) is 28.1 Å². The van der Waals surface area contributed by atoms with E-state index in [1.165, 1.54) is 12.1 Å². The molecule has 0 spiro atoms. The van der Waals surface area contributed by atoms with Crippen LogP contribution in [0.25, 0.3) is 5.82 Å². The lowest BCUT2D eigenvalue weighted by Gasteiger charge is -2.15. The van der Waals surface area contributed by atoms with Gasteiger partial charge in [0.1, 0.15) is 11.5 Å². The summed E-state index contributed by atoms with van der Waals surface area (Å²) in [7, 11) is -3.44. The van der Waals surface area contributed by atoms with Crippen molar-refractivity contribution in [3.8, 4) is 5.82 Å². The molecule has 2 heterocycles. The number of anilines is 1. The van der Waals surface area contributed by atoms with Gasteiger partial charge >= 0.3 is 0 Å². The van der Waals surface area contributed by atoms with E-state index >= 15 is 0 Å². The summed E-state index contributed by atoms with van der Waals surface area (Å²) < 4.78 is 50.5. The number of sulfone groups is 1. The first-order valence-corrected chi connectivity index (χ1v) is 9.37. The van der Waals surface area contributed by atoms with E-state index in [4.69, 9.17) is 0 Å². The number of nitrogens with zero attached hydrogens (tertiary/aromatic N) is 3. The Kier molecular flexibility index (Phi) is 5.51. The zero-order chi connectivity index (χ0) is 18.8. The summed E-state index contributed by atoms with van der Waals surface area (Å²) in [4.78, 5) is 15.3. The Morgan fingerprint density at radius 1 is 1.36 bits per heavy atom. The second kappa shape index (κ2) is 7.26. The van der Waals surface area contributed by atoms with Gasteiger partial charge in [0, 0.05) is 18.5 Å². The van der Waals surface area contributed by atoms with Crippen LogP contribution in [-0.2, 0) is 9.84 Å². The van der Waals surface area contributed by atoms with Crippen molar-refractivity contribution in [2.45, 2.75) is 37.6 Å². The van der Waals surface area contributed by atoms with Gasteiger partial charge in [-0.25, -0.2) is 22.2 Å². The van der Waals surface area contributed by atoms with E-state index in [2.05, 4.69) is 15.4 Å².